The van der Waals surface area contributed by atoms with Gasteiger partial charge in [-0.3, -0.25) is 9.59 Å². The standard InChI is InChI=1S/C21H41NO4/c22-19(18-23)20(24)16-14-12-10-8-6-4-2-1-3-5-7-9-11-13-15-17-21(25)26/h19,23H,1-18,22H2,(H,25,26)/t19-/m0/s1. The predicted octanol–water partition coefficient (Wildman–Crippen LogP) is 4.59. The van der Waals surface area contributed by atoms with Crippen molar-refractivity contribution in [2.24, 2.45) is 5.73 Å². The van der Waals surface area contributed by atoms with Crippen molar-refractivity contribution in [1.29, 1.82) is 0 Å². The van der Waals surface area contributed by atoms with Crippen molar-refractivity contribution in [1.82, 2.24) is 0 Å². The van der Waals surface area contributed by atoms with Crippen molar-refractivity contribution in [3.8, 4) is 0 Å². The van der Waals surface area contributed by atoms with Gasteiger partial charge in [0.05, 0.1) is 12.6 Å². The lowest BCUT2D eigenvalue weighted by Gasteiger charge is -2.06. The molecule has 0 aromatic rings. The average molecular weight is 372 g/mol. The summed E-state index contributed by atoms with van der Waals surface area (Å²) >= 11 is 0. The van der Waals surface area contributed by atoms with Crippen molar-refractivity contribution in [2.45, 2.75) is 115 Å². The van der Waals surface area contributed by atoms with Gasteiger partial charge in [0.15, 0.2) is 5.78 Å². The first-order valence-corrected chi connectivity index (χ1v) is 10.7. The Labute approximate surface area is 159 Å². The summed E-state index contributed by atoms with van der Waals surface area (Å²) in [6.07, 6.45) is 18.7. The van der Waals surface area contributed by atoms with Crippen LogP contribution < -0.4 is 5.73 Å². The van der Waals surface area contributed by atoms with E-state index in [-0.39, 0.29) is 12.4 Å². The monoisotopic (exact) mass is 371 g/mol. The Hall–Kier alpha value is -0.940. The number of aliphatic hydroxyl groups is 1. The number of nitrogens with two attached hydrogens (primary N) is 1. The third kappa shape index (κ3) is 17.9. The van der Waals surface area contributed by atoms with Gasteiger partial charge in [-0.15, -0.1) is 0 Å². The Morgan fingerprint density at radius 2 is 0.923 bits per heavy atom. The minimum absolute atomic E-state index is 0.0206. The number of carbonyl (C=O) groups excluding carboxylic acids is 1. The number of unbranched alkanes of at least 4 members (excludes halogenated alkanes) is 14. The molecule has 0 fully saturated rings. The topological polar surface area (TPSA) is 101 Å². The molecule has 0 aliphatic heterocycles. The van der Waals surface area contributed by atoms with Gasteiger partial charge in [0, 0.05) is 12.8 Å². The Bertz CT molecular complexity index is 347. The first-order chi connectivity index (χ1) is 12.6. The zero-order valence-electron chi connectivity index (χ0n) is 16.6. The van der Waals surface area contributed by atoms with Gasteiger partial charge in [-0.25, -0.2) is 0 Å². The molecule has 0 unspecified atom stereocenters. The minimum Gasteiger partial charge on any atom is -0.481 e. The van der Waals surface area contributed by atoms with Crippen LogP contribution in [0, 0.1) is 0 Å². The molecule has 0 aliphatic rings. The number of Topliss-reactive ketones (excluding diaryl/α,β-unsaturated/α-hetero) is 1. The molecule has 0 heterocycles. The molecule has 154 valence electrons. The van der Waals surface area contributed by atoms with Gasteiger partial charge in [0.25, 0.3) is 0 Å². The third-order valence-corrected chi connectivity index (χ3v) is 4.92. The van der Waals surface area contributed by atoms with E-state index in [9.17, 15) is 9.59 Å². The van der Waals surface area contributed by atoms with Crippen molar-refractivity contribution in [3.63, 3.8) is 0 Å². The second kappa shape index (κ2) is 18.8. The maximum Gasteiger partial charge on any atom is 0.303 e. The zero-order chi connectivity index (χ0) is 19.5. The molecular weight excluding hydrogens is 330 g/mol. The number of ketones is 1. The lowest BCUT2D eigenvalue weighted by atomic mass is 10.0. The van der Waals surface area contributed by atoms with Gasteiger partial charge < -0.3 is 15.9 Å². The summed E-state index contributed by atoms with van der Waals surface area (Å²) in [4.78, 5) is 21.8. The summed E-state index contributed by atoms with van der Waals surface area (Å²) in [6, 6.07) is -0.688. The van der Waals surface area contributed by atoms with Crippen LogP contribution in [-0.2, 0) is 9.59 Å². The highest BCUT2D eigenvalue weighted by Gasteiger charge is 2.10. The highest BCUT2D eigenvalue weighted by molar-refractivity contribution is 5.83. The summed E-state index contributed by atoms with van der Waals surface area (Å²) in [7, 11) is 0. The van der Waals surface area contributed by atoms with E-state index < -0.39 is 12.0 Å². The molecule has 5 nitrogen and oxygen atoms in total. The number of aliphatic hydroxyl groups excluding tert-OH is 1. The van der Waals surface area contributed by atoms with Gasteiger partial charge in [0.2, 0.25) is 0 Å². The van der Waals surface area contributed by atoms with E-state index in [0.29, 0.717) is 12.8 Å². The Morgan fingerprint density at radius 3 is 1.23 bits per heavy atom. The van der Waals surface area contributed by atoms with Crippen molar-refractivity contribution >= 4 is 11.8 Å². The lowest BCUT2D eigenvalue weighted by Crippen LogP contribution is -2.33. The van der Waals surface area contributed by atoms with Gasteiger partial charge in [-0.05, 0) is 12.8 Å². The van der Waals surface area contributed by atoms with Gasteiger partial charge in [-0.2, -0.15) is 0 Å². The van der Waals surface area contributed by atoms with E-state index in [1.807, 2.05) is 0 Å². The normalized spacial score (nSPS) is 12.2. The van der Waals surface area contributed by atoms with Crippen LogP contribution >= 0.6 is 0 Å². The maximum atomic E-state index is 11.4. The Balaban J connectivity index is 3.11. The zero-order valence-corrected chi connectivity index (χ0v) is 16.6. The minimum atomic E-state index is -0.688. The molecule has 0 spiro atoms. The van der Waals surface area contributed by atoms with Crippen LogP contribution in [0.1, 0.15) is 109 Å². The van der Waals surface area contributed by atoms with Crippen LogP contribution in [0.2, 0.25) is 0 Å². The van der Waals surface area contributed by atoms with Crippen LogP contribution in [-0.4, -0.2) is 34.6 Å². The quantitative estimate of drug-likeness (QED) is 0.272. The van der Waals surface area contributed by atoms with Crippen molar-refractivity contribution in [3.05, 3.63) is 0 Å². The maximum absolute atomic E-state index is 11.4. The van der Waals surface area contributed by atoms with Crippen LogP contribution in [0.5, 0.6) is 0 Å². The third-order valence-electron chi connectivity index (χ3n) is 4.92. The van der Waals surface area contributed by atoms with E-state index in [2.05, 4.69) is 0 Å². The fourth-order valence-electron chi connectivity index (χ4n) is 3.16. The molecule has 26 heavy (non-hydrogen) atoms. The molecule has 0 radical (unpaired) electrons. The van der Waals surface area contributed by atoms with E-state index in [1.54, 1.807) is 0 Å². The molecule has 0 saturated heterocycles. The Kier molecular flexibility index (Phi) is 18.2. The first kappa shape index (κ1) is 25.1. The fourth-order valence-corrected chi connectivity index (χ4v) is 3.16. The second-order valence-electron chi connectivity index (χ2n) is 7.45. The Morgan fingerprint density at radius 1 is 0.615 bits per heavy atom. The van der Waals surface area contributed by atoms with Crippen molar-refractivity contribution < 1.29 is 19.8 Å². The summed E-state index contributed by atoms with van der Waals surface area (Å²) in [6.45, 7) is -0.244. The largest absolute Gasteiger partial charge is 0.481 e. The number of aliphatic carboxylic acids is 1. The lowest BCUT2D eigenvalue weighted by molar-refractivity contribution is -0.137. The molecule has 1 atom stereocenters. The molecule has 0 aromatic heterocycles. The average Bonchev–Trinajstić information content (AvgIpc) is 2.63. The summed E-state index contributed by atoms with van der Waals surface area (Å²) < 4.78 is 0. The molecule has 0 amide bonds. The predicted molar refractivity (Wildman–Crippen MR) is 106 cm³/mol. The van der Waals surface area contributed by atoms with Gasteiger partial charge >= 0.3 is 5.97 Å². The number of hydrogen-bond acceptors (Lipinski definition) is 4. The molecule has 0 bridgehead atoms. The molecule has 4 N–H and O–H groups in total. The molecule has 0 rings (SSSR count). The van der Waals surface area contributed by atoms with E-state index in [4.69, 9.17) is 15.9 Å². The summed E-state index contributed by atoms with van der Waals surface area (Å²) in [5.41, 5.74) is 5.47. The number of carbonyl (C=O) groups is 2. The molecule has 5 heteroatoms. The fraction of sp³-hybridized carbons (Fsp3) is 0.905. The summed E-state index contributed by atoms with van der Waals surface area (Å²) in [5, 5.41) is 17.3. The number of carboxylic acid groups (broad SMARTS) is 1. The smallest absolute Gasteiger partial charge is 0.303 e. The SMILES string of the molecule is N[C@@H](CO)C(=O)CCCCCCCCCCCCCCCCCC(=O)O. The van der Waals surface area contributed by atoms with Gasteiger partial charge in [-0.1, -0.05) is 83.5 Å². The van der Waals surface area contributed by atoms with Crippen LogP contribution in [0.3, 0.4) is 0 Å². The van der Waals surface area contributed by atoms with Gasteiger partial charge in [0.1, 0.15) is 0 Å². The second-order valence-corrected chi connectivity index (χ2v) is 7.45. The van der Waals surface area contributed by atoms with Crippen LogP contribution in [0.4, 0.5) is 0 Å². The number of rotatable bonds is 20. The molecule has 0 aromatic carbocycles. The summed E-state index contributed by atoms with van der Waals surface area (Å²) in [5.74, 6) is -0.698. The number of carboxylic acids is 1. The van der Waals surface area contributed by atoms with Crippen LogP contribution in [0.15, 0.2) is 0 Å². The van der Waals surface area contributed by atoms with E-state index in [0.717, 1.165) is 25.7 Å². The van der Waals surface area contributed by atoms with E-state index in [1.165, 1.54) is 70.6 Å². The highest BCUT2D eigenvalue weighted by atomic mass is 16.4. The molecule has 0 saturated carbocycles. The highest BCUT2D eigenvalue weighted by Crippen LogP contribution is 2.14. The van der Waals surface area contributed by atoms with Crippen LogP contribution in [0.25, 0.3) is 0 Å². The number of hydrogen-bond donors (Lipinski definition) is 3. The first-order valence-electron chi connectivity index (χ1n) is 10.7. The van der Waals surface area contributed by atoms with E-state index >= 15 is 0 Å². The molecular formula is C21H41NO4. The molecule has 0 aliphatic carbocycles. The van der Waals surface area contributed by atoms with Crippen molar-refractivity contribution in [2.75, 3.05) is 6.61 Å².